The quantitative estimate of drug-likeness (QED) is 0.509. The molecular weight excluding hydrogens is 429 g/mol. The SMILES string of the molecule is CC(O)Cc1ccc(-c2cc(C(N)=O)c(Nc3ccc(S(C)(=O)=O)cn3)s2)c(F)c1. The van der Waals surface area contributed by atoms with Crippen molar-refractivity contribution < 1.29 is 22.7 Å². The Kier molecular flexibility index (Phi) is 6.20. The molecule has 2 aromatic heterocycles. The second-order valence-electron chi connectivity index (χ2n) is 6.86. The van der Waals surface area contributed by atoms with Crippen molar-refractivity contribution >= 4 is 37.9 Å². The van der Waals surface area contributed by atoms with Crippen LogP contribution in [0.2, 0.25) is 0 Å². The molecule has 3 aromatic rings. The molecule has 3 rings (SSSR count). The highest BCUT2D eigenvalue weighted by Gasteiger charge is 2.18. The monoisotopic (exact) mass is 449 g/mol. The van der Waals surface area contributed by atoms with Gasteiger partial charge in [-0.05, 0) is 43.2 Å². The minimum atomic E-state index is -3.38. The van der Waals surface area contributed by atoms with Crippen LogP contribution in [0, 0.1) is 5.82 Å². The lowest BCUT2D eigenvalue weighted by Crippen LogP contribution is -2.11. The van der Waals surface area contributed by atoms with E-state index in [0.717, 1.165) is 17.6 Å². The van der Waals surface area contributed by atoms with Crippen LogP contribution in [0.3, 0.4) is 0 Å². The van der Waals surface area contributed by atoms with E-state index in [-0.39, 0.29) is 10.5 Å². The maximum absolute atomic E-state index is 14.6. The Balaban J connectivity index is 1.93. The number of pyridine rings is 1. The number of rotatable bonds is 7. The van der Waals surface area contributed by atoms with Crippen LogP contribution in [-0.2, 0) is 16.3 Å². The average molecular weight is 450 g/mol. The lowest BCUT2D eigenvalue weighted by Gasteiger charge is -2.07. The summed E-state index contributed by atoms with van der Waals surface area (Å²) in [5.41, 5.74) is 6.58. The third-order valence-electron chi connectivity index (χ3n) is 4.23. The van der Waals surface area contributed by atoms with Gasteiger partial charge in [-0.15, -0.1) is 11.3 Å². The molecular formula is C20H20FN3O4S2. The number of aliphatic hydroxyl groups excluding tert-OH is 1. The molecule has 7 nitrogen and oxygen atoms in total. The molecule has 0 bridgehead atoms. The number of carbonyl (C=O) groups is 1. The maximum Gasteiger partial charge on any atom is 0.251 e. The Morgan fingerprint density at radius 3 is 2.57 bits per heavy atom. The van der Waals surface area contributed by atoms with Gasteiger partial charge in [0.15, 0.2) is 9.84 Å². The second kappa shape index (κ2) is 8.50. The van der Waals surface area contributed by atoms with E-state index in [0.29, 0.717) is 33.2 Å². The predicted molar refractivity (Wildman–Crippen MR) is 114 cm³/mol. The molecule has 30 heavy (non-hydrogen) atoms. The van der Waals surface area contributed by atoms with Gasteiger partial charge < -0.3 is 16.2 Å². The van der Waals surface area contributed by atoms with Crippen molar-refractivity contribution in [1.29, 1.82) is 0 Å². The van der Waals surface area contributed by atoms with Crippen LogP contribution in [0.4, 0.5) is 15.2 Å². The van der Waals surface area contributed by atoms with E-state index in [2.05, 4.69) is 10.3 Å². The van der Waals surface area contributed by atoms with Crippen LogP contribution >= 0.6 is 11.3 Å². The van der Waals surface area contributed by atoms with Gasteiger partial charge in [0.2, 0.25) is 0 Å². The van der Waals surface area contributed by atoms with Crippen molar-refractivity contribution in [3.8, 4) is 10.4 Å². The number of benzene rings is 1. The molecule has 4 N–H and O–H groups in total. The fraction of sp³-hybridized carbons (Fsp3) is 0.200. The highest BCUT2D eigenvalue weighted by molar-refractivity contribution is 7.90. The first kappa shape index (κ1) is 21.9. The Morgan fingerprint density at radius 1 is 1.30 bits per heavy atom. The van der Waals surface area contributed by atoms with Crippen molar-refractivity contribution in [2.24, 2.45) is 5.73 Å². The molecule has 0 saturated heterocycles. The van der Waals surface area contributed by atoms with Crippen molar-refractivity contribution in [2.75, 3.05) is 11.6 Å². The van der Waals surface area contributed by atoms with E-state index in [9.17, 15) is 22.7 Å². The lowest BCUT2D eigenvalue weighted by molar-refractivity contribution is 0.100. The van der Waals surface area contributed by atoms with E-state index in [1.165, 1.54) is 30.5 Å². The molecule has 158 valence electrons. The van der Waals surface area contributed by atoms with Crippen LogP contribution in [0.15, 0.2) is 47.5 Å². The molecule has 1 unspecified atom stereocenters. The normalized spacial score (nSPS) is 12.5. The molecule has 1 amide bonds. The fourth-order valence-corrected chi connectivity index (χ4v) is 4.47. The number of nitrogens with one attached hydrogen (secondary N) is 1. The first-order valence-corrected chi connectivity index (χ1v) is 11.6. The third-order valence-corrected chi connectivity index (χ3v) is 6.42. The number of carbonyl (C=O) groups excluding carboxylic acids is 1. The van der Waals surface area contributed by atoms with Crippen molar-refractivity contribution in [1.82, 2.24) is 4.98 Å². The standard InChI is InChI=1S/C20H20FN3O4S2/c1-11(25)7-12-3-5-14(16(21)8-12)17-9-15(19(22)26)20(29-17)24-18-6-4-13(10-23-18)30(2,27)28/h3-6,8-11,25H,7H2,1-2H3,(H2,22,26)(H,23,24). The van der Waals surface area contributed by atoms with Gasteiger partial charge in [-0.25, -0.2) is 17.8 Å². The molecule has 2 heterocycles. The zero-order valence-corrected chi connectivity index (χ0v) is 17.8. The minimum Gasteiger partial charge on any atom is -0.393 e. The number of primary amides is 1. The van der Waals surface area contributed by atoms with Gasteiger partial charge in [-0.2, -0.15) is 0 Å². The molecule has 0 aliphatic heterocycles. The molecule has 1 aromatic carbocycles. The summed E-state index contributed by atoms with van der Waals surface area (Å²) in [7, 11) is -3.38. The van der Waals surface area contributed by atoms with Crippen molar-refractivity contribution in [3.63, 3.8) is 0 Å². The second-order valence-corrected chi connectivity index (χ2v) is 9.93. The van der Waals surface area contributed by atoms with Crippen molar-refractivity contribution in [2.45, 2.75) is 24.3 Å². The summed E-state index contributed by atoms with van der Waals surface area (Å²) in [6, 6.07) is 9.01. The molecule has 10 heteroatoms. The number of thiophene rings is 1. The highest BCUT2D eigenvalue weighted by Crippen LogP contribution is 2.38. The summed E-state index contributed by atoms with van der Waals surface area (Å²) in [5, 5.41) is 12.8. The zero-order valence-electron chi connectivity index (χ0n) is 16.2. The smallest absolute Gasteiger partial charge is 0.251 e. The van der Waals surface area contributed by atoms with Crippen molar-refractivity contribution in [3.05, 3.63) is 59.5 Å². The fourth-order valence-electron chi connectivity index (χ4n) is 2.82. The van der Waals surface area contributed by atoms with E-state index in [1.54, 1.807) is 19.1 Å². The van der Waals surface area contributed by atoms with E-state index < -0.39 is 27.7 Å². The molecule has 0 fully saturated rings. The van der Waals surface area contributed by atoms with Crippen LogP contribution in [0.25, 0.3) is 10.4 Å². The number of aromatic nitrogens is 1. The predicted octanol–water partition coefficient (Wildman–Crippen LogP) is 3.12. The minimum absolute atomic E-state index is 0.0643. The first-order chi connectivity index (χ1) is 14.0. The van der Waals surface area contributed by atoms with Gasteiger partial charge in [-0.3, -0.25) is 4.79 Å². The lowest BCUT2D eigenvalue weighted by atomic mass is 10.0. The Labute approximate surface area is 177 Å². The summed E-state index contributed by atoms with van der Waals surface area (Å²) in [6.45, 7) is 1.62. The van der Waals surface area contributed by atoms with E-state index in [4.69, 9.17) is 5.73 Å². The van der Waals surface area contributed by atoms with Crippen LogP contribution in [0.1, 0.15) is 22.8 Å². The maximum atomic E-state index is 14.6. The molecule has 0 spiro atoms. The van der Waals surface area contributed by atoms with Gasteiger partial charge in [-0.1, -0.05) is 12.1 Å². The zero-order chi connectivity index (χ0) is 22.1. The van der Waals surface area contributed by atoms with Crippen LogP contribution in [0.5, 0.6) is 0 Å². The molecule has 0 radical (unpaired) electrons. The number of amides is 1. The molecule has 1 atom stereocenters. The number of sulfone groups is 1. The van der Waals surface area contributed by atoms with Gasteiger partial charge >= 0.3 is 0 Å². The van der Waals surface area contributed by atoms with Gasteiger partial charge in [0.25, 0.3) is 5.91 Å². The van der Waals surface area contributed by atoms with E-state index in [1.807, 2.05) is 0 Å². The molecule has 0 saturated carbocycles. The Morgan fingerprint density at radius 2 is 2.03 bits per heavy atom. The average Bonchev–Trinajstić information content (AvgIpc) is 3.04. The molecule has 0 aliphatic carbocycles. The number of aliphatic hydroxyl groups is 1. The number of nitrogens with zero attached hydrogens (tertiary/aromatic N) is 1. The summed E-state index contributed by atoms with van der Waals surface area (Å²) < 4.78 is 37.7. The number of hydrogen-bond donors (Lipinski definition) is 3. The number of nitrogens with two attached hydrogens (primary N) is 1. The van der Waals surface area contributed by atoms with Gasteiger partial charge in [0, 0.05) is 22.9 Å². The summed E-state index contributed by atoms with van der Waals surface area (Å²) >= 11 is 1.12. The summed E-state index contributed by atoms with van der Waals surface area (Å²) in [6.07, 6.45) is 2.03. The number of anilines is 2. The van der Waals surface area contributed by atoms with Crippen LogP contribution < -0.4 is 11.1 Å². The first-order valence-electron chi connectivity index (χ1n) is 8.88. The Bertz CT molecular complexity index is 1190. The topological polar surface area (TPSA) is 122 Å². The van der Waals surface area contributed by atoms with Crippen LogP contribution in [-0.4, -0.2) is 36.8 Å². The van der Waals surface area contributed by atoms with E-state index >= 15 is 0 Å². The van der Waals surface area contributed by atoms with Gasteiger partial charge in [0.05, 0.1) is 16.6 Å². The third kappa shape index (κ3) is 5.02. The molecule has 0 aliphatic rings. The summed E-state index contributed by atoms with van der Waals surface area (Å²) in [4.78, 5) is 16.5. The summed E-state index contributed by atoms with van der Waals surface area (Å²) in [5.74, 6) is -0.863. The number of halogens is 1. The highest BCUT2D eigenvalue weighted by atomic mass is 32.2. The number of hydrogen-bond acceptors (Lipinski definition) is 7. The Hall–Kier alpha value is -2.82. The largest absolute Gasteiger partial charge is 0.393 e. The van der Waals surface area contributed by atoms with Gasteiger partial charge in [0.1, 0.15) is 16.6 Å².